The summed E-state index contributed by atoms with van der Waals surface area (Å²) in [4.78, 5) is 0. The molecule has 2 fully saturated rings. The van der Waals surface area contributed by atoms with Gasteiger partial charge in [0.05, 0.1) is 0 Å². The first kappa shape index (κ1) is 23.8. The molecule has 2 heterocycles. The van der Waals surface area contributed by atoms with Crippen LogP contribution in [0.4, 0.5) is 0 Å². The first-order chi connectivity index (χ1) is 15.3. The third-order valence-corrected chi connectivity index (χ3v) is 11.1. The van der Waals surface area contributed by atoms with Gasteiger partial charge in [0.15, 0.2) is 0 Å². The van der Waals surface area contributed by atoms with Gasteiger partial charge in [0.25, 0.3) is 0 Å². The van der Waals surface area contributed by atoms with Crippen LogP contribution in [-0.2, 0) is 18.2 Å². The third kappa shape index (κ3) is 4.52. The molecule has 4 rings (SSSR count). The Labute approximate surface area is 190 Å². The van der Waals surface area contributed by atoms with Crippen molar-refractivity contribution in [3.8, 4) is 0 Å². The number of nitrogens with one attached hydrogen (secondary N) is 2. The van der Waals surface area contributed by atoms with Gasteiger partial charge in [0.1, 0.15) is 12.2 Å². The van der Waals surface area contributed by atoms with Gasteiger partial charge in [0, 0.05) is 25.2 Å². The summed E-state index contributed by atoms with van der Waals surface area (Å²) in [6.07, 6.45) is -0.551. The highest BCUT2D eigenvalue weighted by atomic mass is 31.2. The second-order valence-electron chi connectivity index (χ2n) is 8.36. The second-order valence-corrected chi connectivity index (χ2v) is 12.8. The number of nitrogens with zero attached hydrogens (tertiary/aromatic N) is 2. The van der Waals surface area contributed by atoms with E-state index in [4.69, 9.17) is 9.05 Å². The van der Waals surface area contributed by atoms with Crippen LogP contribution in [0.2, 0.25) is 0 Å². The number of rotatable bonds is 7. The van der Waals surface area contributed by atoms with E-state index in [1.165, 1.54) is 0 Å². The Morgan fingerprint density at radius 3 is 1.41 bits per heavy atom. The molecule has 2 aliphatic rings. The molecule has 0 radical (unpaired) electrons. The van der Waals surface area contributed by atoms with E-state index in [0.29, 0.717) is 13.1 Å². The van der Waals surface area contributed by atoms with Crippen LogP contribution in [0.5, 0.6) is 0 Å². The maximum atomic E-state index is 13.4. The van der Waals surface area contributed by atoms with Crippen molar-refractivity contribution >= 4 is 15.3 Å². The fourth-order valence-corrected chi connectivity index (χ4v) is 8.25. The van der Waals surface area contributed by atoms with Gasteiger partial charge in [-0.1, -0.05) is 60.7 Å². The molecule has 2 aromatic carbocycles. The molecule has 0 aromatic heterocycles. The first-order valence-corrected chi connectivity index (χ1v) is 14.0. The van der Waals surface area contributed by atoms with Crippen molar-refractivity contribution in [3.05, 3.63) is 71.8 Å². The van der Waals surface area contributed by atoms with Crippen molar-refractivity contribution in [1.29, 1.82) is 0 Å². The highest BCUT2D eigenvalue weighted by Gasteiger charge is 2.48. The molecule has 0 aliphatic carbocycles. The molecule has 174 valence electrons. The van der Waals surface area contributed by atoms with Crippen LogP contribution in [0.3, 0.4) is 0 Å². The predicted molar refractivity (Wildman–Crippen MR) is 126 cm³/mol. The van der Waals surface area contributed by atoms with Crippen LogP contribution < -0.4 is 10.2 Å². The van der Waals surface area contributed by atoms with Gasteiger partial charge in [-0.2, -0.15) is 0 Å². The van der Waals surface area contributed by atoms with Gasteiger partial charge in [0.2, 0.25) is 0 Å². The number of likely N-dealkylation sites (N-methyl/N-ethyl adjacent to an activating group) is 2. The number of hydrogen-bond acceptors (Lipinski definition) is 4. The zero-order valence-electron chi connectivity index (χ0n) is 18.9. The molecule has 2 N–H and O–H groups in total. The molecule has 32 heavy (non-hydrogen) atoms. The van der Waals surface area contributed by atoms with Crippen molar-refractivity contribution in [3.63, 3.8) is 0 Å². The minimum Gasteiger partial charge on any atom is -0.296 e. The van der Waals surface area contributed by atoms with Gasteiger partial charge in [-0.15, -0.1) is 0 Å². The maximum Gasteiger partial charge on any atom is 0.344 e. The van der Waals surface area contributed by atoms with E-state index in [-0.39, 0.29) is 24.3 Å². The summed E-state index contributed by atoms with van der Waals surface area (Å²) in [5.41, 5.74) is 1.99. The highest BCUT2D eigenvalue weighted by molar-refractivity contribution is 7.55. The van der Waals surface area contributed by atoms with E-state index in [1.807, 2.05) is 74.5 Å². The Morgan fingerprint density at radius 2 is 1.06 bits per heavy atom. The lowest BCUT2D eigenvalue weighted by Gasteiger charge is -2.23. The Balaban J connectivity index is 1.35. The quantitative estimate of drug-likeness (QED) is 0.443. The van der Waals surface area contributed by atoms with Crippen LogP contribution in [0, 0.1) is 0 Å². The summed E-state index contributed by atoms with van der Waals surface area (Å²) in [5.74, 6) is 0. The molecule has 0 unspecified atom stereocenters. The summed E-state index contributed by atoms with van der Waals surface area (Å²) >= 11 is 0. The minimum absolute atomic E-state index is 0.0428. The van der Waals surface area contributed by atoms with Gasteiger partial charge in [-0.25, -0.2) is 19.5 Å². The first-order valence-electron chi connectivity index (χ1n) is 10.9. The molecule has 2 aromatic rings. The lowest BCUT2D eigenvalue weighted by atomic mass is 10.0. The molecule has 6 atom stereocenters. The van der Waals surface area contributed by atoms with E-state index >= 15 is 0 Å². The zero-order valence-corrected chi connectivity index (χ0v) is 20.7. The van der Waals surface area contributed by atoms with Crippen LogP contribution in [-0.4, -0.2) is 48.6 Å². The lowest BCUT2D eigenvalue weighted by Crippen LogP contribution is -2.32. The van der Waals surface area contributed by atoms with E-state index < -0.39 is 15.3 Å². The monoisotopic (exact) mass is 478 g/mol. The Kier molecular flexibility index (Phi) is 7.06. The summed E-state index contributed by atoms with van der Waals surface area (Å²) in [5, 5.41) is 6.10. The molecule has 0 bridgehead atoms. The Morgan fingerprint density at radius 1 is 0.719 bits per heavy atom. The third-order valence-electron chi connectivity index (χ3n) is 6.40. The summed E-state index contributed by atoms with van der Waals surface area (Å²) in [7, 11) is -2.82. The van der Waals surface area contributed by atoms with Crippen molar-refractivity contribution in [2.75, 3.05) is 27.2 Å². The number of hydrogen-bond donors (Lipinski definition) is 2. The summed E-state index contributed by atoms with van der Waals surface area (Å²) in [6.45, 7) is 4.65. The highest BCUT2D eigenvalue weighted by Crippen LogP contribution is 2.60. The molecule has 2 saturated heterocycles. The van der Waals surface area contributed by atoms with Crippen LogP contribution >= 0.6 is 15.3 Å². The molecular weight excluding hydrogens is 446 g/mol. The molecule has 8 nitrogen and oxygen atoms in total. The van der Waals surface area contributed by atoms with Crippen molar-refractivity contribution in [1.82, 2.24) is 19.5 Å². The average Bonchev–Trinajstić information content (AvgIpc) is 3.18. The minimum atomic E-state index is -3.21. The van der Waals surface area contributed by atoms with Gasteiger partial charge in [-0.05, 0) is 39.1 Å². The molecule has 2 aliphatic heterocycles. The van der Waals surface area contributed by atoms with Gasteiger partial charge in [-0.3, -0.25) is 18.2 Å². The SMILES string of the molecule is C[C@@H]1[C@H](c2ccccc2)O[P@](=O)(NCCN[P@@]2(=O)O[C@@H](c3ccccc3)[C@@H](C)N2C)N1C. The van der Waals surface area contributed by atoms with Gasteiger partial charge >= 0.3 is 15.3 Å². The van der Waals surface area contributed by atoms with E-state index in [2.05, 4.69) is 10.2 Å². The second kappa shape index (κ2) is 9.49. The van der Waals surface area contributed by atoms with E-state index in [9.17, 15) is 9.13 Å². The number of benzene rings is 2. The topological polar surface area (TPSA) is 83.1 Å². The lowest BCUT2D eigenvalue weighted by molar-refractivity contribution is 0.207. The van der Waals surface area contributed by atoms with Crippen LogP contribution in [0.15, 0.2) is 60.7 Å². The summed E-state index contributed by atoms with van der Waals surface area (Å²) < 4.78 is 42.4. The zero-order chi connectivity index (χ0) is 22.9. The molecule has 0 amide bonds. The standard InChI is InChI=1S/C22H32N4O4P2/c1-17-21(19-11-7-5-8-12-19)29-31(27,25(17)3)23-15-16-24-32(28)26(4)18(2)22(30-32)20-13-9-6-10-14-20/h5-14,17-18,21-22H,15-16H2,1-4H3,(H,23,27)(H,24,28)/t17-,18-,21-,22-,31-,32-/m1/s1. The average molecular weight is 478 g/mol. The molecule has 0 spiro atoms. The van der Waals surface area contributed by atoms with Crippen molar-refractivity contribution in [2.45, 2.75) is 38.1 Å². The Hall–Kier alpha value is -1.34. The fourth-order valence-electron chi connectivity index (χ4n) is 4.16. The van der Waals surface area contributed by atoms with Gasteiger partial charge < -0.3 is 0 Å². The largest absolute Gasteiger partial charge is 0.344 e. The maximum absolute atomic E-state index is 13.4. The van der Waals surface area contributed by atoms with E-state index in [0.717, 1.165) is 11.1 Å². The smallest absolute Gasteiger partial charge is 0.296 e. The summed E-state index contributed by atoms with van der Waals surface area (Å²) in [6, 6.07) is 19.5. The fraction of sp³-hybridized carbons (Fsp3) is 0.455. The molecular formula is C22H32N4O4P2. The van der Waals surface area contributed by atoms with Crippen LogP contribution in [0.25, 0.3) is 0 Å². The molecule has 10 heteroatoms. The van der Waals surface area contributed by atoms with Crippen LogP contribution in [0.1, 0.15) is 37.2 Å². The molecule has 0 saturated carbocycles. The van der Waals surface area contributed by atoms with Crippen molar-refractivity contribution in [2.24, 2.45) is 0 Å². The predicted octanol–water partition coefficient (Wildman–Crippen LogP) is 4.57. The van der Waals surface area contributed by atoms with E-state index in [1.54, 1.807) is 23.4 Å². The Bertz CT molecular complexity index is 928. The normalized spacial score (nSPS) is 36.0. The van der Waals surface area contributed by atoms with Crippen molar-refractivity contribution < 1.29 is 18.2 Å².